The van der Waals surface area contributed by atoms with Gasteiger partial charge in [-0.15, -0.1) is 11.6 Å². The molecule has 0 spiro atoms. The minimum absolute atomic E-state index is 0.193. The molecular weight excluding hydrogens is 256 g/mol. The molecule has 0 fully saturated rings. The van der Waals surface area contributed by atoms with E-state index in [-0.39, 0.29) is 11.7 Å². The van der Waals surface area contributed by atoms with E-state index in [4.69, 9.17) is 11.6 Å². The predicted molar refractivity (Wildman–Crippen MR) is 86.0 cm³/mol. The maximum atomic E-state index is 11.0. The van der Waals surface area contributed by atoms with Crippen LogP contribution < -0.4 is 0 Å². The summed E-state index contributed by atoms with van der Waals surface area (Å²) in [4.78, 5) is 11.0. The van der Waals surface area contributed by atoms with Gasteiger partial charge in [-0.1, -0.05) is 84.0 Å². The molecular formula is C17H33ClO. The smallest absolute Gasteiger partial charge is 0.147 e. The van der Waals surface area contributed by atoms with Gasteiger partial charge < -0.3 is 0 Å². The summed E-state index contributed by atoms with van der Waals surface area (Å²) >= 11 is 5.45. The van der Waals surface area contributed by atoms with Crippen molar-refractivity contribution in [1.29, 1.82) is 0 Å². The number of Topliss-reactive ketones (excluding diaryl/α,β-unsaturated/α-hetero) is 1. The molecule has 0 N–H and O–H groups in total. The fraction of sp³-hybridized carbons (Fsp3) is 0.941. The maximum Gasteiger partial charge on any atom is 0.147 e. The Kier molecular flexibility index (Phi) is 16.0. The summed E-state index contributed by atoms with van der Waals surface area (Å²) in [6.07, 6.45) is 18.2. The molecule has 19 heavy (non-hydrogen) atoms. The Balaban J connectivity index is 2.97. The zero-order valence-electron chi connectivity index (χ0n) is 12.9. The van der Waals surface area contributed by atoms with E-state index in [1.807, 2.05) is 0 Å². The van der Waals surface area contributed by atoms with Crippen molar-refractivity contribution < 1.29 is 4.79 Å². The van der Waals surface area contributed by atoms with Crippen molar-refractivity contribution in [3.63, 3.8) is 0 Å². The van der Waals surface area contributed by atoms with E-state index in [9.17, 15) is 4.79 Å². The topological polar surface area (TPSA) is 17.1 Å². The number of carbonyl (C=O) groups is 1. The van der Waals surface area contributed by atoms with Gasteiger partial charge in [0.15, 0.2) is 0 Å². The van der Waals surface area contributed by atoms with Crippen molar-refractivity contribution >= 4 is 17.4 Å². The van der Waals surface area contributed by atoms with Gasteiger partial charge in [-0.25, -0.2) is 0 Å². The second-order valence-electron chi connectivity index (χ2n) is 5.66. The lowest BCUT2D eigenvalue weighted by Gasteiger charge is -2.02. The Morgan fingerprint density at radius 2 is 1.05 bits per heavy atom. The molecule has 0 aromatic carbocycles. The lowest BCUT2D eigenvalue weighted by atomic mass is 10.0. The van der Waals surface area contributed by atoms with Gasteiger partial charge in [-0.05, 0) is 6.42 Å². The third-order valence-corrected chi connectivity index (χ3v) is 4.01. The first-order valence-corrected chi connectivity index (χ1v) is 8.92. The molecule has 0 amide bonds. The average molecular weight is 289 g/mol. The van der Waals surface area contributed by atoms with E-state index >= 15 is 0 Å². The molecule has 0 aliphatic rings. The van der Waals surface area contributed by atoms with Gasteiger partial charge in [0, 0.05) is 6.42 Å². The van der Waals surface area contributed by atoms with Gasteiger partial charge in [-0.3, -0.25) is 4.79 Å². The summed E-state index contributed by atoms with van der Waals surface area (Å²) in [5.41, 5.74) is 0. The summed E-state index contributed by atoms with van der Waals surface area (Å²) in [5, 5.41) is 0. The van der Waals surface area contributed by atoms with Crippen LogP contribution in [-0.2, 0) is 4.79 Å². The Morgan fingerprint density at radius 1 is 0.684 bits per heavy atom. The molecule has 0 saturated carbocycles. The zero-order chi connectivity index (χ0) is 14.2. The summed E-state index contributed by atoms with van der Waals surface area (Å²) in [5.74, 6) is 0.392. The number of hydrogen-bond donors (Lipinski definition) is 0. The monoisotopic (exact) mass is 288 g/mol. The normalized spacial score (nSPS) is 10.8. The summed E-state index contributed by atoms with van der Waals surface area (Å²) in [6, 6.07) is 0. The number of halogens is 1. The van der Waals surface area contributed by atoms with Crippen LogP contribution >= 0.6 is 11.6 Å². The maximum absolute atomic E-state index is 11.0. The van der Waals surface area contributed by atoms with Crippen LogP contribution in [0.15, 0.2) is 0 Å². The highest BCUT2D eigenvalue weighted by molar-refractivity contribution is 6.27. The first kappa shape index (κ1) is 19.0. The summed E-state index contributed by atoms with van der Waals surface area (Å²) in [7, 11) is 0. The van der Waals surface area contributed by atoms with Crippen LogP contribution in [-0.4, -0.2) is 11.7 Å². The highest BCUT2D eigenvalue weighted by Gasteiger charge is 1.98. The molecule has 0 atom stereocenters. The Labute approximate surface area is 125 Å². The fourth-order valence-electron chi connectivity index (χ4n) is 2.41. The minimum atomic E-state index is 0.193. The van der Waals surface area contributed by atoms with Gasteiger partial charge in [0.25, 0.3) is 0 Å². The number of ketones is 1. The fourth-order valence-corrected chi connectivity index (χ4v) is 2.54. The molecule has 0 aromatic heterocycles. The summed E-state index contributed by atoms with van der Waals surface area (Å²) in [6.45, 7) is 2.27. The zero-order valence-corrected chi connectivity index (χ0v) is 13.6. The first-order valence-electron chi connectivity index (χ1n) is 8.39. The lowest BCUT2D eigenvalue weighted by molar-refractivity contribution is -0.116. The minimum Gasteiger partial charge on any atom is -0.298 e. The predicted octanol–water partition coefficient (Wildman–Crippen LogP) is 6.28. The molecule has 2 heteroatoms. The highest BCUT2D eigenvalue weighted by atomic mass is 35.5. The Morgan fingerprint density at radius 3 is 1.42 bits per heavy atom. The molecule has 0 unspecified atom stereocenters. The van der Waals surface area contributed by atoms with E-state index in [1.165, 1.54) is 77.0 Å². The molecule has 0 bridgehead atoms. The second kappa shape index (κ2) is 16.0. The number of carbonyl (C=O) groups excluding carboxylic acids is 1. The van der Waals surface area contributed by atoms with E-state index < -0.39 is 0 Å². The molecule has 0 heterocycles. The first-order chi connectivity index (χ1) is 9.31. The van der Waals surface area contributed by atoms with E-state index in [0.29, 0.717) is 6.42 Å². The van der Waals surface area contributed by atoms with Crippen molar-refractivity contribution in [3.8, 4) is 0 Å². The van der Waals surface area contributed by atoms with E-state index in [1.54, 1.807) is 0 Å². The van der Waals surface area contributed by atoms with Crippen molar-refractivity contribution in [1.82, 2.24) is 0 Å². The van der Waals surface area contributed by atoms with Crippen LogP contribution in [0.25, 0.3) is 0 Å². The largest absolute Gasteiger partial charge is 0.298 e. The van der Waals surface area contributed by atoms with E-state index in [0.717, 1.165) is 6.42 Å². The van der Waals surface area contributed by atoms with Gasteiger partial charge >= 0.3 is 0 Å². The highest BCUT2D eigenvalue weighted by Crippen LogP contribution is 2.12. The van der Waals surface area contributed by atoms with Gasteiger partial charge in [0.2, 0.25) is 0 Å². The van der Waals surface area contributed by atoms with Crippen LogP contribution in [0.3, 0.4) is 0 Å². The van der Waals surface area contributed by atoms with Crippen molar-refractivity contribution in [3.05, 3.63) is 0 Å². The molecule has 1 nitrogen and oxygen atoms in total. The number of unbranched alkanes of at least 4 members (excludes halogenated alkanes) is 12. The molecule has 114 valence electrons. The molecule has 0 aromatic rings. The van der Waals surface area contributed by atoms with Crippen LogP contribution in [0.1, 0.15) is 96.8 Å². The van der Waals surface area contributed by atoms with Crippen molar-refractivity contribution in [2.24, 2.45) is 0 Å². The lowest BCUT2D eigenvalue weighted by Crippen LogP contribution is -1.98. The molecule has 0 saturated heterocycles. The average Bonchev–Trinajstić information content (AvgIpc) is 2.43. The molecule has 0 aliphatic carbocycles. The molecule has 0 rings (SSSR count). The van der Waals surface area contributed by atoms with Gasteiger partial charge in [-0.2, -0.15) is 0 Å². The number of alkyl halides is 1. The van der Waals surface area contributed by atoms with Crippen molar-refractivity contribution in [2.45, 2.75) is 96.8 Å². The Bertz CT molecular complexity index is 192. The van der Waals surface area contributed by atoms with Crippen LogP contribution in [0.2, 0.25) is 0 Å². The van der Waals surface area contributed by atoms with Gasteiger partial charge in [0.1, 0.15) is 5.78 Å². The Hall–Kier alpha value is -0.0400. The molecule has 0 radical (unpaired) electrons. The van der Waals surface area contributed by atoms with E-state index in [2.05, 4.69) is 6.92 Å². The standard InChI is InChI=1S/C17H33ClO/c1-2-3-4-5-6-7-8-9-10-11-12-13-14-15-17(19)16-18/h2-16H2,1H3. The summed E-state index contributed by atoms with van der Waals surface area (Å²) < 4.78 is 0. The number of rotatable bonds is 15. The third-order valence-electron chi connectivity index (χ3n) is 3.71. The quantitative estimate of drug-likeness (QED) is 0.256. The van der Waals surface area contributed by atoms with Gasteiger partial charge in [0.05, 0.1) is 5.88 Å². The second-order valence-corrected chi connectivity index (χ2v) is 5.93. The number of hydrogen-bond acceptors (Lipinski definition) is 1. The third kappa shape index (κ3) is 15.9. The van der Waals surface area contributed by atoms with Crippen LogP contribution in [0, 0.1) is 0 Å². The molecule has 0 aliphatic heterocycles. The van der Waals surface area contributed by atoms with Crippen LogP contribution in [0.4, 0.5) is 0 Å². The van der Waals surface area contributed by atoms with Crippen molar-refractivity contribution in [2.75, 3.05) is 5.88 Å². The SMILES string of the molecule is CCCCCCCCCCCCCCCC(=O)CCl. The van der Waals surface area contributed by atoms with Crippen LogP contribution in [0.5, 0.6) is 0 Å².